The lowest BCUT2D eigenvalue weighted by atomic mass is 10.1. The van der Waals surface area contributed by atoms with Gasteiger partial charge in [0, 0.05) is 10.2 Å². The van der Waals surface area contributed by atoms with E-state index >= 15 is 0 Å². The SMILES string of the molecule is C=CC([SiH3])CCCCC. The van der Waals surface area contributed by atoms with E-state index in [2.05, 4.69) is 19.6 Å². The first-order chi connectivity index (χ1) is 4.31. The minimum absolute atomic E-state index is 0.858. The highest BCUT2D eigenvalue weighted by molar-refractivity contribution is 6.12. The Balaban J connectivity index is 2.96. The fourth-order valence-corrected chi connectivity index (χ4v) is 1.24. The van der Waals surface area contributed by atoms with E-state index in [1.54, 1.807) is 0 Å². The highest BCUT2D eigenvalue weighted by Crippen LogP contribution is 2.11. The number of allylic oxidation sites excluding steroid dienone is 1. The molecule has 0 rings (SSSR count). The van der Waals surface area contributed by atoms with E-state index in [-0.39, 0.29) is 0 Å². The van der Waals surface area contributed by atoms with E-state index < -0.39 is 0 Å². The van der Waals surface area contributed by atoms with Crippen molar-refractivity contribution >= 4 is 10.2 Å². The van der Waals surface area contributed by atoms with Crippen molar-refractivity contribution in [3.8, 4) is 0 Å². The van der Waals surface area contributed by atoms with Crippen LogP contribution in [0.3, 0.4) is 0 Å². The predicted octanol–water partition coefficient (Wildman–Crippen LogP) is 1.91. The van der Waals surface area contributed by atoms with Crippen molar-refractivity contribution in [3.63, 3.8) is 0 Å². The van der Waals surface area contributed by atoms with Crippen molar-refractivity contribution in [2.75, 3.05) is 0 Å². The van der Waals surface area contributed by atoms with E-state index in [1.165, 1.54) is 35.9 Å². The van der Waals surface area contributed by atoms with Gasteiger partial charge in [-0.15, -0.1) is 6.58 Å². The van der Waals surface area contributed by atoms with Crippen molar-refractivity contribution in [1.82, 2.24) is 0 Å². The van der Waals surface area contributed by atoms with Crippen LogP contribution in [0.25, 0.3) is 0 Å². The van der Waals surface area contributed by atoms with Gasteiger partial charge in [-0.2, -0.15) is 0 Å². The molecule has 0 aromatic carbocycles. The molecule has 0 aromatic rings. The molecule has 1 heteroatoms. The van der Waals surface area contributed by atoms with Crippen LogP contribution in [-0.2, 0) is 0 Å². The summed E-state index contributed by atoms with van der Waals surface area (Å²) in [6.45, 7) is 6.02. The molecule has 1 atom stereocenters. The van der Waals surface area contributed by atoms with Gasteiger partial charge in [0.25, 0.3) is 0 Å². The molecule has 0 saturated carbocycles. The third-order valence-corrected chi connectivity index (χ3v) is 2.71. The second kappa shape index (κ2) is 6.08. The van der Waals surface area contributed by atoms with Gasteiger partial charge in [-0.25, -0.2) is 0 Å². The summed E-state index contributed by atoms with van der Waals surface area (Å²) in [5, 5.41) is 0. The van der Waals surface area contributed by atoms with Gasteiger partial charge in [-0.1, -0.05) is 38.7 Å². The summed E-state index contributed by atoms with van der Waals surface area (Å²) >= 11 is 0. The molecule has 9 heavy (non-hydrogen) atoms. The van der Waals surface area contributed by atoms with E-state index in [9.17, 15) is 0 Å². The molecule has 0 N–H and O–H groups in total. The van der Waals surface area contributed by atoms with Crippen LogP contribution < -0.4 is 0 Å². The minimum atomic E-state index is 0.858. The summed E-state index contributed by atoms with van der Waals surface area (Å²) in [6.07, 6.45) is 7.61. The molecule has 54 valence electrons. The maximum atomic E-state index is 3.77. The summed E-state index contributed by atoms with van der Waals surface area (Å²) < 4.78 is 0. The summed E-state index contributed by atoms with van der Waals surface area (Å²) in [5.41, 5.74) is 0.858. The van der Waals surface area contributed by atoms with Crippen molar-refractivity contribution in [1.29, 1.82) is 0 Å². The zero-order chi connectivity index (χ0) is 7.11. The van der Waals surface area contributed by atoms with Gasteiger partial charge < -0.3 is 0 Å². The van der Waals surface area contributed by atoms with Gasteiger partial charge in [0.15, 0.2) is 0 Å². The van der Waals surface area contributed by atoms with Crippen LogP contribution in [0.5, 0.6) is 0 Å². The van der Waals surface area contributed by atoms with Gasteiger partial charge >= 0.3 is 0 Å². The Morgan fingerprint density at radius 1 is 1.56 bits per heavy atom. The van der Waals surface area contributed by atoms with Crippen LogP contribution >= 0.6 is 0 Å². The third-order valence-electron chi connectivity index (χ3n) is 1.67. The first-order valence-electron chi connectivity index (χ1n) is 3.93. The number of hydrogen-bond acceptors (Lipinski definition) is 0. The van der Waals surface area contributed by atoms with Crippen LogP contribution in [-0.4, -0.2) is 10.2 Å². The lowest BCUT2D eigenvalue weighted by Gasteiger charge is -2.02. The molecule has 0 aliphatic carbocycles. The van der Waals surface area contributed by atoms with E-state index in [4.69, 9.17) is 0 Å². The zero-order valence-corrected chi connectivity index (χ0v) is 8.69. The van der Waals surface area contributed by atoms with Crippen LogP contribution in [0.1, 0.15) is 32.6 Å². The average Bonchev–Trinajstić information content (AvgIpc) is 1.89. The summed E-state index contributed by atoms with van der Waals surface area (Å²) in [5.74, 6) is 0. The largest absolute Gasteiger partial charge is 0.103 e. The smallest absolute Gasteiger partial charge is 0.0115 e. The molecule has 0 fully saturated rings. The molecule has 1 unspecified atom stereocenters. The Morgan fingerprint density at radius 2 is 2.22 bits per heavy atom. The monoisotopic (exact) mass is 142 g/mol. The van der Waals surface area contributed by atoms with Crippen molar-refractivity contribution in [2.45, 2.75) is 38.1 Å². The van der Waals surface area contributed by atoms with Gasteiger partial charge in [-0.05, 0) is 5.54 Å². The van der Waals surface area contributed by atoms with E-state index in [0.717, 1.165) is 5.54 Å². The molecule has 0 aliphatic heterocycles. The summed E-state index contributed by atoms with van der Waals surface area (Å²) in [4.78, 5) is 0. The quantitative estimate of drug-likeness (QED) is 0.312. The average molecular weight is 142 g/mol. The standard InChI is InChI=1S/C8H18Si/c1-3-5-6-7-8(9)4-2/h4,8H,2-3,5-7H2,1,9H3. The van der Waals surface area contributed by atoms with Gasteiger partial charge in [-0.3, -0.25) is 0 Å². The Kier molecular flexibility index (Phi) is 6.05. The van der Waals surface area contributed by atoms with Crippen molar-refractivity contribution in [2.24, 2.45) is 0 Å². The molecule has 0 radical (unpaired) electrons. The number of rotatable bonds is 5. The normalized spacial score (nSPS) is 13.4. The highest BCUT2D eigenvalue weighted by Gasteiger charge is 1.93. The first kappa shape index (κ1) is 8.96. The van der Waals surface area contributed by atoms with Crippen LogP contribution in [0.4, 0.5) is 0 Å². The molecule has 0 aromatic heterocycles. The Labute approximate surface area is 61.8 Å². The van der Waals surface area contributed by atoms with Crippen molar-refractivity contribution < 1.29 is 0 Å². The molecule has 0 spiro atoms. The van der Waals surface area contributed by atoms with Gasteiger partial charge in [0.2, 0.25) is 0 Å². The minimum Gasteiger partial charge on any atom is -0.103 e. The number of hydrogen-bond donors (Lipinski definition) is 0. The Bertz CT molecular complexity index is 69.0. The lowest BCUT2D eigenvalue weighted by Crippen LogP contribution is -1.86. The maximum Gasteiger partial charge on any atom is 0.0115 e. The maximum absolute atomic E-state index is 3.77. The molecule has 0 aliphatic rings. The van der Waals surface area contributed by atoms with E-state index in [1.807, 2.05) is 0 Å². The van der Waals surface area contributed by atoms with Crippen LogP contribution in [0.2, 0.25) is 5.54 Å². The molecular formula is C8H18Si. The summed E-state index contributed by atoms with van der Waals surface area (Å²) in [6, 6.07) is 0. The molecule has 0 saturated heterocycles. The first-order valence-corrected chi connectivity index (χ1v) is 5.09. The third kappa shape index (κ3) is 5.83. The molecule has 0 bridgehead atoms. The van der Waals surface area contributed by atoms with Gasteiger partial charge in [0.1, 0.15) is 0 Å². The highest BCUT2D eigenvalue weighted by atomic mass is 28.1. The predicted molar refractivity (Wildman–Crippen MR) is 48.0 cm³/mol. The zero-order valence-electron chi connectivity index (χ0n) is 6.69. The topological polar surface area (TPSA) is 0 Å². The Morgan fingerprint density at radius 3 is 2.67 bits per heavy atom. The number of unbranched alkanes of at least 4 members (excludes halogenated alkanes) is 2. The van der Waals surface area contributed by atoms with Crippen LogP contribution in [0.15, 0.2) is 12.7 Å². The fourth-order valence-electron chi connectivity index (χ4n) is 0.834. The lowest BCUT2D eigenvalue weighted by molar-refractivity contribution is 0.674. The fraction of sp³-hybridized carbons (Fsp3) is 0.750. The molecule has 0 nitrogen and oxygen atoms in total. The second-order valence-corrected chi connectivity index (χ2v) is 4.19. The van der Waals surface area contributed by atoms with Crippen molar-refractivity contribution in [3.05, 3.63) is 12.7 Å². The molecule has 0 amide bonds. The van der Waals surface area contributed by atoms with E-state index in [0.29, 0.717) is 0 Å². The summed E-state index contributed by atoms with van der Waals surface area (Å²) in [7, 11) is 1.29. The second-order valence-electron chi connectivity index (χ2n) is 2.71. The molecule has 0 heterocycles. The molecular weight excluding hydrogens is 124 g/mol. The van der Waals surface area contributed by atoms with Gasteiger partial charge in [0.05, 0.1) is 0 Å². The van der Waals surface area contributed by atoms with Crippen LogP contribution in [0, 0.1) is 0 Å². The Hall–Kier alpha value is -0.0431.